The highest BCUT2D eigenvalue weighted by Crippen LogP contribution is 2.40. The molecule has 0 unspecified atom stereocenters. The first-order chi connectivity index (χ1) is 8.76. The molecule has 18 heavy (non-hydrogen) atoms. The Bertz CT molecular complexity index is 343. The summed E-state index contributed by atoms with van der Waals surface area (Å²) in [5.74, 6) is 2.48. The molecule has 0 amide bonds. The van der Waals surface area contributed by atoms with Crippen molar-refractivity contribution in [3.05, 3.63) is 12.1 Å². The van der Waals surface area contributed by atoms with Gasteiger partial charge in [-0.05, 0) is 20.0 Å². The van der Waals surface area contributed by atoms with Gasteiger partial charge in [-0.1, -0.05) is 0 Å². The molecule has 0 saturated heterocycles. The van der Waals surface area contributed by atoms with Gasteiger partial charge in [0.1, 0.15) is 5.75 Å². The van der Waals surface area contributed by atoms with Crippen molar-refractivity contribution in [3.63, 3.8) is 0 Å². The fraction of sp³-hybridized carbons (Fsp3) is 0.538. The van der Waals surface area contributed by atoms with E-state index >= 15 is 0 Å². The van der Waals surface area contributed by atoms with Crippen LogP contribution in [0.15, 0.2) is 12.1 Å². The maximum atomic E-state index is 5.64. The molecule has 1 N–H and O–H groups in total. The summed E-state index contributed by atoms with van der Waals surface area (Å²) >= 11 is 0. The maximum Gasteiger partial charge on any atom is 0.203 e. The summed E-state index contributed by atoms with van der Waals surface area (Å²) in [5, 5.41) is 3.07. The zero-order valence-corrected chi connectivity index (χ0v) is 11.4. The van der Waals surface area contributed by atoms with Crippen LogP contribution in [0.1, 0.15) is 6.42 Å². The molecule has 0 heterocycles. The fourth-order valence-corrected chi connectivity index (χ4v) is 1.58. The lowest BCUT2D eigenvalue weighted by atomic mass is 10.2. The third-order valence-electron chi connectivity index (χ3n) is 2.48. The molecule has 0 aliphatic rings. The molecule has 102 valence electrons. The van der Waals surface area contributed by atoms with Crippen LogP contribution in [0, 0.1) is 0 Å². The van der Waals surface area contributed by atoms with E-state index in [0.717, 1.165) is 13.0 Å². The van der Waals surface area contributed by atoms with E-state index in [4.69, 9.17) is 18.9 Å². The summed E-state index contributed by atoms with van der Waals surface area (Å²) in [6.45, 7) is 1.56. The van der Waals surface area contributed by atoms with Crippen molar-refractivity contribution < 1.29 is 18.9 Å². The molecular weight excluding hydrogens is 234 g/mol. The van der Waals surface area contributed by atoms with Crippen molar-refractivity contribution in [3.8, 4) is 23.0 Å². The van der Waals surface area contributed by atoms with Crippen LogP contribution in [0.3, 0.4) is 0 Å². The lowest BCUT2D eigenvalue weighted by molar-refractivity contribution is 0.294. The summed E-state index contributed by atoms with van der Waals surface area (Å²) in [4.78, 5) is 0. The number of rotatable bonds is 8. The predicted molar refractivity (Wildman–Crippen MR) is 70.1 cm³/mol. The minimum atomic E-state index is 0.572. The third kappa shape index (κ3) is 3.70. The van der Waals surface area contributed by atoms with Gasteiger partial charge in [0.25, 0.3) is 0 Å². The molecule has 0 aromatic heterocycles. The Morgan fingerprint density at radius 3 is 2.06 bits per heavy atom. The van der Waals surface area contributed by atoms with Crippen LogP contribution in [-0.2, 0) is 0 Å². The lowest BCUT2D eigenvalue weighted by Gasteiger charge is -2.14. The van der Waals surface area contributed by atoms with Gasteiger partial charge in [-0.25, -0.2) is 0 Å². The van der Waals surface area contributed by atoms with Crippen LogP contribution in [-0.4, -0.2) is 41.5 Å². The van der Waals surface area contributed by atoms with Crippen LogP contribution < -0.4 is 24.3 Å². The second-order valence-electron chi connectivity index (χ2n) is 3.67. The Kier molecular flexibility index (Phi) is 6.14. The van der Waals surface area contributed by atoms with Crippen LogP contribution in [0.2, 0.25) is 0 Å². The van der Waals surface area contributed by atoms with Crippen molar-refractivity contribution in [2.24, 2.45) is 0 Å². The van der Waals surface area contributed by atoms with E-state index in [9.17, 15) is 0 Å². The van der Waals surface area contributed by atoms with Gasteiger partial charge < -0.3 is 24.3 Å². The Hall–Kier alpha value is -1.62. The van der Waals surface area contributed by atoms with Gasteiger partial charge in [0.2, 0.25) is 5.75 Å². The molecule has 0 saturated carbocycles. The van der Waals surface area contributed by atoms with Crippen LogP contribution in [0.4, 0.5) is 0 Å². The minimum absolute atomic E-state index is 0.572. The molecule has 1 rings (SSSR count). The molecule has 5 nitrogen and oxygen atoms in total. The molecular formula is C13H21NO4. The molecule has 0 atom stereocenters. The van der Waals surface area contributed by atoms with Crippen molar-refractivity contribution in [1.29, 1.82) is 0 Å². The Labute approximate surface area is 108 Å². The Morgan fingerprint density at radius 1 is 1.00 bits per heavy atom. The van der Waals surface area contributed by atoms with E-state index < -0.39 is 0 Å². The van der Waals surface area contributed by atoms with Gasteiger partial charge in [-0.2, -0.15) is 0 Å². The Balaban J connectivity index is 2.80. The van der Waals surface area contributed by atoms with E-state index in [0.29, 0.717) is 29.6 Å². The lowest BCUT2D eigenvalue weighted by Crippen LogP contribution is -2.11. The third-order valence-corrected chi connectivity index (χ3v) is 2.48. The van der Waals surface area contributed by atoms with Gasteiger partial charge in [-0.3, -0.25) is 0 Å². The highest BCUT2D eigenvalue weighted by Gasteiger charge is 2.13. The second-order valence-corrected chi connectivity index (χ2v) is 3.67. The number of nitrogens with one attached hydrogen (secondary N) is 1. The molecule has 0 spiro atoms. The number of ether oxygens (including phenoxy) is 4. The highest BCUT2D eigenvalue weighted by atomic mass is 16.5. The fourth-order valence-electron chi connectivity index (χ4n) is 1.58. The number of hydrogen-bond donors (Lipinski definition) is 1. The number of benzene rings is 1. The zero-order valence-electron chi connectivity index (χ0n) is 11.4. The summed E-state index contributed by atoms with van der Waals surface area (Å²) < 4.78 is 21.4. The molecule has 0 aliphatic carbocycles. The number of hydrogen-bond acceptors (Lipinski definition) is 5. The first-order valence-electron chi connectivity index (χ1n) is 5.84. The largest absolute Gasteiger partial charge is 0.493 e. The van der Waals surface area contributed by atoms with E-state index in [1.54, 1.807) is 33.5 Å². The van der Waals surface area contributed by atoms with Crippen molar-refractivity contribution in [1.82, 2.24) is 5.32 Å². The maximum absolute atomic E-state index is 5.64. The van der Waals surface area contributed by atoms with Crippen molar-refractivity contribution in [2.75, 3.05) is 41.5 Å². The molecule has 0 bridgehead atoms. The Morgan fingerprint density at radius 2 is 1.61 bits per heavy atom. The normalized spacial score (nSPS) is 10.0. The van der Waals surface area contributed by atoms with E-state index in [2.05, 4.69) is 5.32 Å². The summed E-state index contributed by atoms with van der Waals surface area (Å²) in [5.41, 5.74) is 0. The predicted octanol–water partition coefficient (Wildman–Crippen LogP) is 1.70. The monoisotopic (exact) mass is 255 g/mol. The minimum Gasteiger partial charge on any atom is -0.493 e. The van der Waals surface area contributed by atoms with Gasteiger partial charge in [0.05, 0.1) is 27.9 Å². The van der Waals surface area contributed by atoms with Crippen molar-refractivity contribution in [2.45, 2.75) is 6.42 Å². The molecule has 1 aromatic rings. The average Bonchev–Trinajstić information content (AvgIpc) is 2.42. The van der Waals surface area contributed by atoms with Gasteiger partial charge >= 0.3 is 0 Å². The smallest absolute Gasteiger partial charge is 0.203 e. The second kappa shape index (κ2) is 7.66. The van der Waals surface area contributed by atoms with E-state index in [1.165, 1.54) is 0 Å². The zero-order chi connectivity index (χ0) is 13.4. The summed E-state index contributed by atoms with van der Waals surface area (Å²) in [6, 6.07) is 3.58. The van der Waals surface area contributed by atoms with Crippen molar-refractivity contribution >= 4 is 0 Å². The van der Waals surface area contributed by atoms with Crippen LogP contribution in [0.25, 0.3) is 0 Å². The highest BCUT2D eigenvalue weighted by molar-refractivity contribution is 5.55. The summed E-state index contributed by atoms with van der Waals surface area (Å²) in [7, 11) is 6.66. The van der Waals surface area contributed by atoms with E-state index in [-0.39, 0.29) is 0 Å². The number of methoxy groups -OCH3 is 3. The summed E-state index contributed by atoms with van der Waals surface area (Å²) in [6.07, 6.45) is 0.938. The standard InChI is InChI=1S/C13H21NO4/c1-14-6-5-7-18-10-8-11(15-2)13(17-4)12(9-10)16-3/h8-9,14H,5-7H2,1-4H3. The quantitative estimate of drug-likeness (QED) is 0.716. The average molecular weight is 255 g/mol. The van der Waals surface area contributed by atoms with Gasteiger partial charge in [0, 0.05) is 12.1 Å². The van der Waals surface area contributed by atoms with Gasteiger partial charge in [-0.15, -0.1) is 0 Å². The molecule has 0 fully saturated rings. The van der Waals surface area contributed by atoms with E-state index in [1.807, 2.05) is 7.05 Å². The molecule has 0 aliphatic heterocycles. The first kappa shape index (κ1) is 14.4. The van der Waals surface area contributed by atoms with Crippen LogP contribution in [0.5, 0.6) is 23.0 Å². The molecule has 1 aromatic carbocycles. The molecule has 5 heteroatoms. The first-order valence-corrected chi connectivity index (χ1v) is 5.84. The SMILES string of the molecule is CNCCCOc1cc(OC)c(OC)c(OC)c1. The topological polar surface area (TPSA) is 49.0 Å². The molecule has 0 radical (unpaired) electrons. The van der Waals surface area contributed by atoms with Crippen LogP contribution >= 0.6 is 0 Å². The van der Waals surface area contributed by atoms with Gasteiger partial charge in [0.15, 0.2) is 11.5 Å².